The van der Waals surface area contributed by atoms with Gasteiger partial charge in [-0.1, -0.05) is 11.6 Å². The first-order chi connectivity index (χ1) is 6.25. The molecule has 0 saturated heterocycles. The third kappa shape index (κ3) is 1.83. The largest absolute Gasteiger partial charge is 0.504 e. The number of hydrogen-bond acceptors (Lipinski definition) is 2. The van der Waals surface area contributed by atoms with Crippen molar-refractivity contribution in [2.24, 2.45) is 5.73 Å². The molecule has 0 heterocycles. The number of nitrogens with two attached hydrogens (primary N) is 1. The summed E-state index contributed by atoms with van der Waals surface area (Å²) in [4.78, 5) is 0. The van der Waals surface area contributed by atoms with Crippen LogP contribution in [-0.4, -0.2) is 5.11 Å². The molecule has 1 aromatic carbocycles. The van der Waals surface area contributed by atoms with E-state index in [2.05, 4.69) is 0 Å². The van der Waals surface area contributed by atoms with Gasteiger partial charge in [-0.05, 0) is 32.4 Å². The fraction of sp³-hybridized carbons (Fsp3) is 0.400. The van der Waals surface area contributed by atoms with Crippen LogP contribution in [0.1, 0.15) is 25.0 Å². The Hall–Kier alpha value is -0.800. The van der Waals surface area contributed by atoms with Crippen LogP contribution >= 0.6 is 11.6 Å². The standard InChI is InChI=1S/C10H13ClFNO/c1-5-4-6(10(2,3)13)8(12)9(14)7(5)11/h4,14H,13H2,1-3H3. The molecule has 0 amide bonds. The lowest BCUT2D eigenvalue weighted by Crippen LogP contribution is -2.30. The molecular weight excluding hydrogens is 205 g/mol. The van der Waals surface area contributed by atoms with E-state index in [1.54, 1.807) is 26.8 Å². The highest BCUT2D eigenvalue weighted by Gasteiger charge is 2.23. The molecule has 0 radical (unpaired) electrons. The zero-order chi connectivity index (χ0) is 11.1. The van der Waals surface area contributed by atoms with Crippen LogP contribution in [0.4, 0.5) is 4.39 Å². The van der Waals surface area contributed by atoms with E-state index in [0.29, 0.717) is 5.56 Å². The van der Waals surface area contributed by atoms with Crippen LogP contribution in [0.15, 0.2) is 6.07 Å². The molecule has 0 saturated carbocycles. The number of aromatic hydroxyl groups is 1. The van der Waals surface area contributed by atoms with Gasteiger partial charge in [-0.3, -0.25) is 0 Å². The summed E-state index contributed by atoms with van der Waals surface area (Å²) in [5.41, 5.74) is 5.79. The number of phenols is 1. The minimum atomic E-state index is -0.836. The Kier molecular flexibility index (Phi) is 2.74. The molecule has 0 atom stereocenters. The fourth-order valence-electron chi connectivity index (χ4n) is 1.22. The topological polar surface area (TPSA) is 46.2 Å². The molecule has 4 heteroatoms. The van der Waals surface area contributed by atoms with Crippen LogP contribution in [-0.2, 0) is 5.54 Å². The number of phenolic OH excluding ortho intramolecular Hbond substituents is 1. The van der Waals surface area contributed by atoms with E-state index in [1.807, 2.05) is 0 Å². The second-order valence-corrected chi connectivity index (χ2v) is 4.32. The van der Waals surface area contributed by atoms with Gasteiger partial charge in [-0.2, -0.15) is 0 Å². The van der Waals surface area contributed by atoms with Crippen LogP contribution < -0.4 is 5.73 Å². The summed E-state index contributed by atoms with van der Waals surface area (Å²) >= 11 is 5.67. The van der Waals surface area contributed by atoms with Gasteiger partial charge in [0.1, 0.15) is 0 Å². The Morgan fingerprint density at radius 3 is 2.43 bits per heavy atom. The van der Waals surface area contributed by atoms with Crippen molar-refractivity contribution in [1.82, 2.24) is 0 Å². The maximum absolute atomic E-state index is 13.5. The molecule has 0 spiro atoms. The molecule has 14 heavy (non-hydrogen) atoms. The number of halogens is 2. The molecule has 0 aromatic heterocycles. The Balaban J connectivity index is 3.49. The molecule has 2 nitrogen and oxygen atoms in total. The Labute approximate surface area is 87.5 Å². The van der Waals surface area contributed by atoms with Crippen LogP contribution in [0, 0.1) is 12.7 Å². The van der Waals surface area contributed by atoms with E-state index in [4.69, 9.17) is 17.3 Å². The van der Waals surface area contributed by atoms with Gasteiger partial charge in [-0.25, -0.2) is 4.39 Å². The maximum Gasteiger partial charge on any atom is 0.171 e. The molecule has 0 fully saturated rings. The van der Waals surface area contributed by atoms with Crippen molar-refractivity contribution in [3.05, 3.63) is 28.0 Å². The summed E-state index contributed by atoms with van der Waals surface area (Å²) in [7, 11) is 0. The first-order valence-corrected chi connectivity index (χ1v) is 4.60. The molecule has 0 aliphatic carbocycles. The smallest absolute Gasteiger partial charge is 0.171 e. The lowest BCUT2D eigenvalue weighted by molar-refractivity contribution is 0.413. The van der Waals surface area contributed by atoms with Crippen molar-refractivity contribution in [3.8, 4) is 5.75 Å². The Morgan fingerprint density at radius 1 is 1.50 bits per heavy atom. The maximum atomic E-state index is 13.5. The molecule has 0 unspecified atom stereocenters. The van der Waals surface area contributed by atoms with E-state index < -0.39 is 17.1 Å². The third-order valence-corrected chi connectivity index (χ3v) is 2.53. The third-order valence-electron chi connectivity index (χ3n) is 2.05. The Morgan fingerprint density at radius 2 is 2.00 bits per heavy atom. The summed E-state index contributed by atoms with van der Waals surface area (Å²) in [6, 6.07) is 1.55. The number of rotatable bonds is 1. The minimum absolute atomic E-state index is 0.0375. The van der Waals surface area contributed by atoms with Gasteiger partial charge < -0.3 is 10.8 Å². The van der Waals surface area contributed by atoms with Crippen molar-refractivity contribution in [1.29, 1.82) is 0 Å². The molecule has 0 aliphatic heterocycles. The van der Waals surface area contributed by atoms with Gasteiger partial charge in [0.2, 0.25) is 0 Å². The van der Waals surface area contributed by atoms with Crippen molar-refractivity contribution in [3.63, 3.8) is 0 Å². The number of benzene rings is 1. The minimum Gasteiger partial charge on any atom is -0.504 e. The zero-order valence-electron chi connectivity index (χ0n) is 8.36. The summed E-state index contributed by atoms with van der Waals surface area (Å²) in [5.74, 6) is -1.27. The summed E-state index contributed by atoms with van der Waals surface area (Å²) in [5, 5.41) is 9.41. The van der Waals surface area contributed by atoms with E-state index in [9.17, 15) is 9.50 Å². The molecular formula is C10H13ClFNO. The SMILES string of the molecule is Cc1cc(C(C)(C)N)c(F)c(O)c1Cl. The molecule has 3 N–H and O–H groups in total. The first-order valence-electron chi connectivity index (χ1n) is 4.22. The fourth-order valence-corrected chi connectivity index (χ4v) is 1.36. The first kappa shape index (κ1) is 11.3. The van der Waals surface area contributed by atoms with Gasteiger partial charge >= 0.3 is 0 Å². The lowest BCUT2D eigenvalue weighted by Gasteiger charge is -2.21. The zero-order valence-corrected chi connectivity index (χ0v) is 9.11. The predicted molar refractivity (Wildman–Crippen MR) is 55.0 cm³/mol. The van der Waals surface area contributed by atoms with Crippen molar-refractivity contribution in [2.45, 2.75) is 26.3 Å². The van der Waals surface area contributed by atoms with E-state index in [-0.39, 0.29) is 10.6 Å². The van der Waals surface area contributed by atoms with Crippen LogP contribution in [0.25, 0.3) is 0 Å². The van der Waals surface area contributed by atoms with Gasteiger partial charge in [0.25, 0.3) is 0 Å². The van der Waals surface area contributed by atoms with Gasteiger partial charge in [0, 0.05) is 11.1 Å². The molecule has 1 rings (SSSR count). The highest BCUT2D eigenvalue weighted by molar-refractivity contribution is 6.32. The number of hydrogen-bond donors (Lipinski definition) is 2. The van der Waals surface area contributed by atoms with Crippen LogP contribution in [0.2, 0.25) is 5.02 Å². The van der Waals surface area contributed by atoms with Crippen molar-refractivity contribution in [2.75, 3.05) is 0 Å². The van der Waals surface area contributed by atoms with Crippen molar-refractivity contribution < 1.29 is 9.50 Å². The highest BCUT2D eigenvalue weighted by atomic mass is 35.5. The molecule has 1 aromatic rings. The summed E-state index contributed by atoms with van der Waals surface area (Å²) < 4.78 is 13.5. The van der Waals surface area contributed by atoms with E-state index >= 15 is 0 Å². The predicted octanol–water partition coefficient (Wildman–Crippen LogP) is 2.69. The highest BCUT2D eigenvalue weighted by Crippen LogP contribution is 2.35. The lowest BCUT2D eigenvalue weighted by atomic mass is 9.93. The van der Waals surface area contributed by atoms with E-state index in [0.717, 1.165) is 0 Å². The van der Waals surface area contributed by atoms with E-state index in [1.165, 1.54) is 0 Å². The molecule has 78 valence electrons. The normalized spacial score (nSPS) is 11.9. The average Bonchev–Trinajstić information content (AvgIpc) is 2.06. The molecule has 0 aliphatic rings. The van der Waals surface area contributed by atoms with Crippen LogP contribution in [0.3, 0.4) is 0 Å². The van der Waals surface area contributed by atoms with Crippen molar-refractivity contribution >= 4 is 11.6 Å². The second kappa shape index (κ2) is 3.41. The quantitative estimate of drug-likeness (QED) is 0.760. The Bertz CT molecular complexity index is 371. The average molecular weight is 218 g/mol. The van der Waals surface area contributed by atoms with Crippen LogP contribution in [0.5, 0.6) is 5.75 Å². The summed E-state index contributed by atoms with van der Waals surface area (Å²) in [6.07, 6.45) is 0. The van der Waals surface area contributed by atoms with Gasteiger partial charge in [0.05, 0.1) is 5.02 Å². The summed E-state index contributed by atoms with van der Waals surface area (Å²) in [6.45, 7) is 5.02. The molecule has 0 bridgehead atoms. The van der Waals surface area contributed by atoms with Gasteiger partial charge in [-0.15, -0.1) is 0 Å². The monoisotopic (exact) mass is 217 g/mol. The number of aryl methyl sites for hydroxylation is 1. The second-order valence-electron chi connectivity index (χ2n) is 3.94. The van der Waals surface area contributed by atoms with Gasteiger partial charge in [0.15, 0.2) is 11.6 Å².